The predicted molar refractivity (Wildman–Crippen MR) is 67.0 cm³/mol. The van der Waals surface area contributed by atoms with Crippen LogP contribution in [0.4, 0.5) is 0 Å². The van der Waals surface area contributed by atoms with Gasteiger partial charge in [0.05, 0.1) is 6.61 Å². The van der Waals surface area contributed by atoms with Crippen LogP contribution >= 0.6 is 0 Å². The first-order valence-electron chi connectivity index (χ1n) is 6.31. The number of piperidine rings is 1. The molecule has 98 valence electrons. The molecule has 1 aliphatic heterocycles. The monoisotopic (exact) mass is 241 g/mol. The second kappa shape index (κ2) is 7.45. The number of hydrogen-bond donors (Lipinski definition) is 1. The first-order valence-corrected chi connectivity index (χ1v) is 6.31. The van der Waals surface area contributed by atoms with Crippen LogP contribution in [-0.4, -0.2) is 49.3 Å². The van der Waals surface area contributed by atoms with Crippen LogP contribution in [0.3, 0.4) is 0 Å². The van der Waals surface area contributed by atoms with Crippen molar-refractivity contribution in [3.63, 3.8) is 0 Å². The molecule has 0 aromatic rings. The molecule has 1 unspecified atom stereocenters. The molecule has 4 nitrogen and oxygen atoms in total. The fourth-order valence-corrected chi connectivity index (χ4v) is 2.31. The molecule has 17 heavy (non-hydrogen) atoms. The third-order valence-corrected chi connectivity index (χ3v) is 3.26. The summed E-state index contributed by atoms with van der Waals surface area (Å²) in [6.07, 6.45) is 4.83. The summed E-state index contributed by atoms with van der Waals surface area (Å²) < 4.78 is 5.18. The summed E-state index contributed by atoms with van der Waals surface area (Å²) in [5.41, 5.74) is 0.513. The van der Waals surface area contributed by atoms with Gasteiger partial charge >= 0.3 is 5.97 Å². The Morgan fingerprint density at radius 1 is 1.59 bits per heavy atom. The Hall–Kier alpha value is -0.870. The molecule has 0 aromatic carbocycles. The highest BCUT2D eigenvalue weighted by Crippen LogP contribution is 2.16. The fraction of sp³-hybridized carbons (Fsp3) is 0.769. The van der Waals surface area contributed by atoms with Gasteiger partial charge in [-0.25, -0.2) is 4.79 Å². The van der Waals surface area contributed by atoms with Gasteiger partial charge in [0.25, 0.3) is 0 Å². The summed E-state index contributed by atoms with van der Waals surface area (Å²) in [6, 6.07) is 0. The molecule has 1 heterocycles. The molecule has 0 amide bonds. The van der Waals surface area contributed by atoms with Gasteiger partial charge in [0, 0.05) is 25.8 Å². The Balaban J connectivity index is 2.43. The van der Waals surface area contributed by atoms with Crippen molar-refractivity contribution in [2.45, 2.75) is 26.2 Å². The van der Waals surface area contributed by atoms with E-state index in [0.29, 0.717) is 17.9 Å². The van der Waals surface area contributed by atoms with E-state index in [1.165, 1.54) is 12.8 Å². The Morgan fingerprint density at radius 3 is 2.94 bits per heavy atom. The number of nitrogens with zero attached hydrogens (tertiary/aromatic N) is 1. The van der Waals surface area contributed by atoms with Crippen LogP contribution in [0.25, 0.3) is 0 Å². The maximum atomic E-state index is 10.9. The Labute approximate surface area is 103 Å². The minimum Gasteiger partial charge on any atom is -0.478 e. The van der Waals surface area contributed by atoms with E-state index < -0.39 is 5.97 Å². The number of rotatable bonds is 6. The van der Waals surface area contributed by atoms with E-state index in [-0.39, 0.29) is 0 Å². The molecule has 1 saturated heterocycles. The van der Waals surface area contributed by atoms with Gasteiger partial charge in [-0.1, -0.05) is 13.0 Å². The van der Waals surface area contributed by atoms with Gasteiger partial charge in [-0.2, -0.15) is 0 Å². The molecule has 1 aliphatic rings. The Kier molecular flexibility index (Phi) is 6.22. The van der Waals surface area contributed by atoms with Crippen LogP contribution in [0.1, 0.15) is 26.2 Å². The minimum atomic E-state index is -0.794. The van der Waals surface area contributed by atoms with Crippen LogP contribution in [0, 0.1) is 5.92 Å². The molecular formula is C13H23NO3. The van der Waals surface area contributed by atoms with E-state index in [2.05, 4.69) is 4.90 Å². The van der Waals surface area contributed by atoms with E-state index >= 15 is 0 Å². The number of carboxylic acids is 1. The second-order valence-corrected chi connectivity index (χ2v) is 4.61. The lowest BCUT2D eigenvalue weighted by molar-refractivity contribution is -0.132. The van der Waals surface area contributed by atoms with Crippen LogP contribution in [0.5, 0.6) is 0 Å². The highest BCUT2D eigenvalue weighted by Gasteiger charge is 2.19. The lowest BCUT2D eigenvalue weighted by Gasteiger charge is -2.31. The molecular weight excluding hydrogens is 218 g/mol. The lowest BCUT2D eigenvalue weighted by Crippen LogP contribution is -2.37. The highest BCUT2D eigenvalue weighted by molar-refractivity contribution is 5.86. The summed E-state index contributed by atoms with van der Waals surface area (Å²) in [5.74, 6) is -0.199. The maximum absolute atomic E-state index is 10.9. The first-order chi connectivity index (χ1) is 8.17. The van der Waals surface area contributed by atoms with Gasteiger partial charge < -0.3 is 9.84 Å². The van der Waals surface area contributed by atoms with Crippen LogP contribution in [0.15, 0.2) is 11.6 Å². The highest BCUT2D eigenvalue weighted by atomic mass is 16.5. The average molecular weight is 241 g/mol. The summed E-state index contributed by atoms with van der Waals surface area (Å²) in [6.45, 7) is 5.51. The van der Waals surface area contributed by atoms with E-state index in [9.17, 15) is 4.79 Å². The molecule has 1 atom stereocenters. The van der Waals surface area contributed by atoms with Gasteiger partial charge in [0.2, 0.25) is 0 Å². The molecule has 0 bridgehead atoms. The molecule has 4 heteroatoms. The number of carbonyl (C=O) groups is 1. The number of methoxy groups -OCH3 is 1. The number of ether oxygens (including phenoxy) is 1. The van der Waals surface area contributed by atoms with E-state index in [1.54, 1.807) is 7.11 Å². The summed E-state index contributed by atoms with van der Waals surface area (Å²) in [5, 5.41) is 8.93. The van der Waals surface area contributed by atoms with Gasteiger partial charge in [-0.05, 0) is 31.7 Å². The zero-order chi connectivity index (χ0) is 12.7. The van der Waals surface area contributed by atoms with E-state index in [1.807, 2.05) is 13.0 Å². The topological polar surface area (TPSA) is 49.8 Å². The predicted octanol–water partition coefficient (Wildman–Crippen LogP) is 1.77. The quantitative estimate of drug-likeness (QED) is 0.720. The smallest absolute Gasteiger partial charge is 0.331 e. The second-order valence-electron chi connectivity index (χ2n) is 4.61. The number of hydrogen-bond acceptors (Lipinski definition) is 3. The number of aliphatic carboxylic acids is 1. The van der Waals surface area contributed by atoms with Gasteiger partial charge in [0.15, 0.2) is 0 Å². The first kappa shape index (κ1) is 14.2. The molecule has 0 aliphatic carbocycles. The van der Waals surface area contributed by atoms with Crippen molar-refractivity contribution in [1.29, 1.82) is 0 Å². The molecule has 1 fully saturated rings. The van der Waals surface area contributed by atoms with Crippen LogP contribution in [0.2, 0.25) is 0 Å². The summed E-state index contributed by atoms with van der Waals surface area (Å²) in [7, 11) is 1.73. The van der Waals surface area contributed by atoms with Crippen molar-refractivity contribution in [1.82, 2.24) is 4.90 Å². The summed E-state index contributed by atoms with van der Waals surface area (Å²) in [4.78, 5) is 13.2. The zero-order valence-electron chi connectivity index (χ0n) is 10.8. The molecule has 0 spiro atoms. The normalized spacial score (nSPS) is 22.7. The molecule has 0 saturated carbocycles. The number of carboxylic acid groups (broad SMARTS) is 1. The molecule has 1 N–H and O–H groups in total. The van der Waals surface area contributed by atoms with Crippen molar-refractivity contribution >= 4 is 5.97 Å². The SMILES string of the molecule is CCC(=CCN1CCCC(COC)C1)C(=O)O. The van der Waals surface area contributed by atoms with E-state index in [4.69, 9.17) is 9.84 Å². The average Bonchev–Trinajstić information content (AvgIpc) is 2.30. The standard InChI is InChI=1S/C13H23NO3/c1-3-12(13(15)16)6-8-14-7-4-5-11(9-14)10-17-2/h6,11H,3-5,7-10H2,1-2H3,(H,15,16). The Morgan fingerprint density at radius 2 is 2.35 bits per heavy atom. The zero-order valence-corrected chi connectivity index (χ0v) is 10.8. The fourth-order valence-electron chi connectivity index (χ4n) is 2.31. The minimum absolute atomic E-state index is 0.513. The van der Waals surface area contributed by atoms with Crippen molar-refractivity contribution in [2.75, 3.05) is 33.4 Å². The number of likely N-dealkylation sites (tertiary alicyclic amines) is 1. The van der Waals surface area contributed by atoms with Crippen LogP contribution in [-0.2, 0) is 9.53 Å². The van der Waals surface area contributed by atoms with Crippen molar-refractivity contribution in [3.05, 3.63) is 11.6 Å². The molecule has 1 rings (SSSR count). The van der Waals surface area contributed by atoms with Gasteiger partial charge in [-0.3, -0.25) is 4.90 Å². The van der Waals surface area contributed by atoms with Crippen molar-refractivity contribution in [3.8, 4) is 0 Å². The third kappa shape index (κ3) is 4.88. The van der Waals surface area contributed by atoms with Crippen LogP contribution < -0.4 is 0 Å². The largest absolute Gasteiger partial charge is 0.478 e. The van der Waals surface area contributed by atoms with E-state index in [0.717, 1.165) is 26.2 Å². The Bertz CT molecular complexity index is 274. The maximum Gasteiger partial charge on any atom is 0.331 e. The molecule has 0 aromatic heterocycles. The van der Waals surface area contributed by atoms with Gasteiger partial charge in [-0.15, -0.1) is 0 Å². The lowest BCUT2D eigenvalue weighted by atomic mass is 9.99. The van der Waals surface area contributed by atoms with Crippen molar-refractivity contribution < 1.29 is 14.6 Å². The molecule has 0 radical (unpaired) electrons. The third-order valence-electron chi connectivity index (χ3n) is 3.26. The van der Waals surface area contributed by atoms with Gasteiger partial charge in [0.1, 0.15) is 0 Å². The summed E-state index contributed by atoms with van der Waals surface area (Å²) >= 11 is 0. The van der Waals surface area contributed by atoms with Crippen molar-refractivity contribution in [2.24, 2.45) is 5.92 Å².